The van der Waals surface area contributed by atoms with Crippen LogP contribution in [0.25, 0.3) is 0 Å². The Morgan fingerprint density at radius 1 is 1.17 bits per heavy atom. The Morgan fingerprint density at radius 2 is 1.83 bits per heavy atom. The number of thioether (sulfide) groups is 1. The van der Waals surface area contributed by atoms with E-state index in [1.165, 1.54) is 9.13 Å². The number of rotatable bonds is 6. The number of carbonyl (C=O) groups is 1. The predicted molar refractivity (Wildman–Crippen MR) is 107 cm³/mol. The van der Waals surface area contributed by atoms with Crippen LogP contribution in [0.15, 0.2) is 59.7 Å². The largest absolute Gasteiger partial charge is 0.272 e. The number of amides is 1. The molecule has 0 unspecified atom stereocenters. The van der Waals surface area contributed by atoms with Gasteiger partial charge in [0.25, 0.3) is 5.91 Å². The number of hydrazone groups is 1. The summed E-state index contributed by atoms with van der Waals surface area (Å²) in [7, 11) is 0. The molecule has 5 heteroatoms. The zero-order valence-electron chi connectivity index (χ0n) is 13.1. The molecular weight excluding hydrogens is 419 g/mol. The minimum absolute atomic E-state index is 0.0733. The van der Waals surface area contributed by atoms with Crippen molar-refractivity contribution in [3.05, 3.63) is 69.3 Å². The smallest absolute Gasteiger partial charge is 0.252 e. The van der Waals surface area contributed by atoms with E-state index in [2.05, 4.69) is 45.3 Å². The van der Waals surface area contributed by atoms with Crippen LogP contribution in [0.3, 0.4) is 0 Å². The summed E-state index contributed by atoms with van der Waals surface area (Å²) in [5.74, 6) is 0.741. The molecule has 0 saturated heterocycles. The SMILES string of the molecule is C/C(=N/NC(=O)[C@@H](C)SCc1ccccc1)c1ccc(I)cc1. The summed E-state index contributed by atoms with van der Waals surface area (Å²) in [6.07, 6.45) is 0. The van der Waals surface area contributed by atoms with Gasteiger partial charge >= 0.3 is 0 Å². The molecule has 0 saturated carbocycles. The fourth-order valence-corrected chi connectivity index (χ4v) is 3.06. The topological polar surface area (TPSA) is 41.5 Å². The summed E-state index contributed by atoms with van der Waals surface area (Å²) in [6.45, 7) is 3.79. The fourth-order valence-electron chi connectivity index (χ4n) is 1.86. The van der Waals surface area contributed by atoms with E-state index in [0.717, 1.165) is 17.0 Å². The number of nitrogens with zero attached hydrogens (tertiary/aromatic N) is 1. The number of hydrogen-bond acceptors (Lipinski definition) is 3. The molecule has 0 heterocycles. The summed E-state index contributed by atoms with van der Waals surface area (Å²) in [4.78, 5) is 12.1. The molecule has 2 rings (SSSR count). The van der Waals surface area contributed by atoms with Gasteiger partial charge in [0.1, 0.15) is 0 Å². The molecule has 0 aliphatic heterocycles. The van der Waals surface area contributed by atoms with Crippen LogP contribution < -0.4 is 5.43 Å². The molecule has 23 heavy (non-hydrogen) atoms. The molecule has 1 N–H and O–H groups in total. The third-order valence-electron chi connectivity index (χ3n) is 3.31. The van der Waals surface area contributed by atoms with Crippen LogP contribution in [0.2, 0.25) is 0 Å². The zero-order valence-corrected chi connectivity index (χ0v) is 16.1. The Bertz CT molecular complexity index is 671. The molecular formula is C18H19IN2OS. The number of halogens is 1. The number of nitrogens with one attached hydrogen (secondary N) is 1. The third-order valence-corrected chi connectivity index (χ3v) is 5.24. The summed E-state index contributed by atoms with van der Waals surface area (Å²) < 4.78 is 1.18. The van der Waals surface area contributed by atoms with Crippen molar-refractivity contribution in [1.29, 1.82) is 0 Å². The van der Waals surface area contributed by atoms with E-state index >= 15 is 0 Å². The number of benzene rings is 2. The van der Waals surface area contributed by atoms with Gasteiger partial charge in [-0.25, -0.2) is 5.43 Å². The van der Waals surface area contributed by atoms with Crippen LogP contribution in [0.4, 0.5) is 0 Å². The van der Waals surface area contributed by atoms with Crippen LogP contribution >= 0.6 is 34.4 Å². The molecule has 120 valence electrons. The van der Waals surface area contributed by atoms with Gasteiger partial charge in [0.2, 0.25) is 0 Å². The molecule has 0 radical (unpaired) electrons. The van der Waals surface area contributed by atoms with Crippen molar-refractivity contribution in [3.63, 3.8) is 0 Å². The molecule has 3 nitrogen and oxygen atoms in total. The summed E-state index contributed by atoms with van der Waals surface area (Å²) >= 11 is 3.87. The van der Waals surface area contributed by atoms with Crippen LogP contribution in [-0.2, 0) is 10.5 Å². The summed E-state index contributed by atoms with van der Waals surface area (Å²) in [5.41, 5.74) is 5.69. The second-order valence-corrected chi connectivity index (χ2v) is 7.69. The van der Waals surface area contributed by atoms with Gasteiger partial charge in [0.05, 0.1) is 11.0 Å². The normalized spacial score (nSPS) is 12.7. The van der Waals surface area contributed by atoms with Gasteiger partial charge in [0, 0.05) is 9.32 Å². The lowest BCUT2D eigenvalue weighted by Crippen LogP contribution is -2.27. The van der Waals surface area contributed by atoms with Crippen molar-refractivity contribution in [2.45, 2.75) is 24.9 Å². The first-order valence-corrected chi connectivity index (χ1v) is 9.44. The first-order valence-electron chi connectivity index (χ1n) is 7.32. The number of hydrogen-bond donors (Lipinski definition) is 1. The van der Waals surface area contributed by atoms with E-state index in [1.54, 1.807) is 11.8 Å². The van der Waals surface area contributed by atoms with E-state index in [0.29, 0.717) is 0 Å². The monoisotopic (exact) mass is 438 g/mol. The molecule has 0 aromatic heterocycles. The molecule has 0 aliphatic carbocycles. The van der Waals surface area contributed by atoms with Crippen LogP contribution in [-0.4, -0.2) is 16.9 Å². The Morgan fingerprint density at radius 3 is 2.48 bits per heavy atom. The van der Waals surface area contributed by atoms with Crippen molar-refractivity contribution in [3.8, 4) is 0 Å². The van der Waals surface area contributed by atoms with Gasteiger partial charge in [0.15, 0.2) is 0 Å². The molecule has 2 aromatic rings. The molecule has 0 aliphatic rings. The highest BCUT2D eigenvalue weighted by atomic mass is 127. The highest BCUT2D eigenvalue weighted by molar-refractivity contribution is 14.1. The van der Waals surface area contributed by atoms with Crippen LogP contribution in [0, 0.1) is 3.57 Å². The minimum atomic E-state index is -0.150. The maximum Gasteiger partial charge on any atom is 0.252 e. The summed E-state index contributed by atoms with van der Waals surface area (Å²) in [6, 6.07) is 18.2. The van der Waals surface area contributed by atoms with Gasteiger partial charge in [-0.1, -0.05) is 42.5 Å². The molecule has 2 aromatic carbocycles. The highest BCUT2D eigenvalue weighted by Gasteiger charge is 2.13. The lowest BCUT2D eigenvalue weighted by Gasteiger charge is -2.10. The van der Waals surface area contributed by atoms with E-state index in [4.69, 9.17) is 0 Å². The first-order chi connectivity index (χ1) is 11.1. The molecule has 0 fully saturated rings. The number of carbonyl (C=O) groups excluding carboxylic acids is 1. The van der Waals surface area contributed by atoms with Crippen LogP contribution in [0.1, 0.15) is 25.0 Å². The standard InChI is InChI=1S/C18H19IN2OS/c1-13(16-8-10-17(19)11-9-16)20-21-18(22)14(2)23-12-15-6-4-3-5-7-15/h3-11,14H,12H2,1-2H3,(H,21,22)/b20-13-/t14-/m1/s1. The van der Waals surface area contributed by atoms with E-state index in [1.807, 2.05) is 56.3 Å². The van der Waals surface area contributed by atoms with E-state index in [9.17, 15) is 4.79 Å². The van der Waals surface area contributed by atoms with Crippen molar-refractivity contribution in [2.24, 2.45) is 5.10 Å². The Kier molecular flexibility index (Phi) is 7.11. The van der Waals surface area contributed by atoms with Crippen molar-refractivity contribution >= 4 is 46.0 Å². The average molecular weight is 438 g/mol. The Balaban J connectivity index is 1.85. The average Bonchev–Trinajstić information content (AvgIpc) is 2.58. The lowest BCUT2D eigenvalue weighted by atomic mass is 10.1. The molecule has 0 spiro atoms. The van der Waals surface area contributed by atoms with E-state index < -0.39 is 0 Å². The van der Waals surface area contributed by atoms with Gasteiger partial charge < -0.3 is 0 Å². The highest BCUT2D eigenvalue weighted by Crippen LogP contribution is 2.17. The third kappa shape index (κ3) is 5.99. The molecule has 1 amide bonds. The summed E-state index contributed by atoms with van der Waals surface area (Å²) in [5, 5.41) is 4.05. The van der Waals surface area contributed by atoms with Gasteiger partial charge in [-0.2, -0.15) is 5.10 Å². The zero-order chi connectivity index (χ0) is 16.7. The second-order valence-electron chi connectivity index (χ2n) is 5.12. The Labute approximate surface area is 155 Å². The molecule has 0 bridgehead atoms. The maximum absolute atomic E-state index is 12.1. The van der Waals surface area contributed by atoms with Gasteiger partial charge in [-0.05, 0) is 59.7 Å². The van der Waals surface area contributed by atoms with Gasteiger partial charge in [-0.3, -0.25) is 4.79 Å². The van der Waals surface area contributed by atoms with Crippen LogP contribution in [0.5, 0.6) is 0 Å². The van der Waals surface area contributed by atoms with E-state index in [-0.39, 0.29) is 11.2 Å². The first kappa shape index (κ1) is 18.0. The quantitative estimate of drug-likeness (QED) is 0.411. The van der Waals surface area contributed by atoms with Gasteiger partial charge in [-0.15, -0.1) is 11.8 Å². The minimum Gasteiger partial charge on any atom is -0.272 e. The maximum atomic E-state index is 12.1. The second kappa shape index (κ2) is 9.08. The van der Waals surface area contributed by atoms with Crippen molar-refractivity contribution in [1.82, 2.24) is 5.43 Å². The fraction of sp³-hybridized carbons (Fsp3) is 0.222. The lowest BCUT2D eigenvalue weighted by molar-refractivity contribution is -0.120. The predicted octanol–water partition coefficient (Wildman–Crippen LogP) is 4.45. The Hall–Kier alpha value is -1.34. The van der Waals surface area contributed by atoms with Crippen molar-refractivity contribution < 1.29 is 4.79 Å². The molecule has 1 atom stereocenters. The van der Waals surface area contributed by atoms with Crippen molar-refractivity contribution in [2.75, 3.05) is 0 Å².